The maximum absolute atomic E-state index is 9.88. The van der Waals surface area contributed by atoms with E-state index in [4.69, 9.17) is 4.74 Å². The average Bonchev–Trinajstić information content (AvgIpc) is 3.04. The van der Waals surface area contributed by atoms with Crippen molar-refractivity contribution < 1.29 is 9.84 Å². The molecule has 2 aromatic heterocycles. The number of phenolic OH excluding ortho intramolecular Hbond substituents is 1. The number of rotatable bonds is 4. The number of fused-ring (bicyclic) bond motifs is 3. The van der Waals surface area contributed by atoms with Gasteiger partial charge in [0.25, 0.3) is 0 Å². The van der Waals surface area contributed by atoms with Gasteiger partial charge in [-0.3, -0.25) is 5.43 Å². The monoisotopic (exact) mass is 432 g/mol. The van der Waals surface area contributed by atoms with Gasteiger partial charge in [0.2, 0.25) is 0 Å². The minimum atomic E-state index is 0.0695. The summed E-state index contributed by atoms with van der Waals surface area (Å²) in [5.74, 6) is 1.19. The van der Waals surface area contributed by atoms with Crippen molar-refractivity contribution in [1.29, 1.82) is 0 Å². The Labute approximate surface area is 163 Å². The number of benzene rings is 1. The van der Waals surface area contributed by atoms with Crippen LogP contribution in [0.3, 0.4) is 0 Å². The zero-order valence-electron chi connectivity index (χ0n) is 14.1. The Bertz CT molecular complexity index is 1000. The van der Waals surface area contributed by atoms with Gasteiger partial charge in [0.15, 0.2) is 17.3 Å². The number of halogens is 1. The molecule has 0 unspecified atom stereocenters. The highest BCUT2D eigenvalue weighted by Gasteiger charge is 2.19. The predicted molar refractivity (Wildman–Crippen MR) is 108 cm³/mol. The molecule has 2 heterocycles. The number of hydrazone groups is 1. The number of phenols is 1. The number of hydrogen-bond acceptors (Lipinski definition) is 7. The summed E-state index contributed by atoms with van der Waals surface area (Å²) in [6.07, 6.45) is 7.88. The van der Waals surface area contributed by atoms with Crippen LogP contribution >= 0.6 is 27.3 Å². The van der Waals surface area contributed by atoms with E-state index < -0.39 is 0 Å². The maximum Gasteiger partial charge on any atom is 0.172 e. The fraction of sp³-hybridized carbons (Fsp3) is 0.278. The highest BCUT2D eigenvalue weighted by Crippen LogP contribution is 2.38. The number of anilines is 1. The van der Waals surface area contributed by atoms with Crippen LogP contribution in [0.2, 0.25) is 0 Å². The lowest BCUT2D eigenvalue weighted by atomic mass is 9.97. The molecule has 0 amide bonds. The molecular weight excluding hydrogens is 416 g/mol. The van der Waals surface area contributed by atoms with Crippen LogP contribution in [0.4, 0.5) is 5.82 Å². The van der Waals surface area contributed by atoms with Gasteiger partial charge >= 0.3 is 0 Å². The van der Waals surface area contributed by atoms with Crippen molar-refractivity contribution in [3.63, 3.8) is 0 Å². The third-order valence-corrected chi connectivity index (χ3v) is 6.21. The van der Waals surface area contributed by atoms with Crippen molar-refractivity contribution in [2.75, 3.05) is 12.5 Å². The Hall–Kier alpha value is -2.19. The summed E-state index contributed by atoms with van der Waals surface area (Å²) in [7, 11) is 1.51. The third kappa shape index (κ3) is 3.14. The Morgan fingerprint density at radius 1 is 1.31 bits per heavy atom. The van der Waals surface area contributed by atoms with E-state index in [1.165, 1.54) is 30.4 Å². The molecular formula is C18H17BrN4O2S. The maximum atomic E-state index is 9.88. The SMILES string of the molecule is COc1cc(C=NNc2ncnc3sc4c(c23)CCCC4)cc(Br)c1O. The lowest BCUT2D eigenvalue weighted by Gasteiger charge is -2.11. The fourth-order valence-corrected chi connectivity index (χ4v) is 4.86. The molecule has 6 nitrogen and oxygen atoms in total. The molecule has 3 aromatic rings. The summed E-state index contributed by atoms with van der Waals surface area (Å²) in [5, 5.41) is 15.3. The van der Waals surface area contributed by atoms with Crippen LogP contribution in [0.5, 0.6) is 11.5 Å². The molecule has 4 rings (SSSR count). The highest BCUT2D eigenvalue weighted by atomic mass is 79.9. The first kappa shape index (κ1) is 17.2. The van der Waals surface area contributed by atoms with Crippen molar-refractivity contribution in [2.24, 2.45) is 5.10 Å². The topological polar surface area (TPSA) is 79.6 Å². The van der Waals surface area contributed by atoms with Gasteiger partial charge in [0.05, 0.1) is 23.2 Å². The molecule has 0 atom stereocenters. The van der Waals surface area contributed by atoms with E-state index >= 15 is 0 Å². The van der Waals surface area contributed by atoms with Gasteiger partial charge in [0, 0.05) is 4.88 Å². The first-order valence-corrected chi connectivity index (χ1v) is 9.89. The first-order chi connectivity index (χ1) is 12.7. The number of thiophene rings is 1. The highest BCUT2D eigenvalue weighted by molar-refractivity contribution is 9.10. The minimum Gasteiger partial charge on any atom is -0.503 e. The van der Waals surface area contributed by atoms with Crippen LogP contribution in [0.25, 0.3) is 10.2 Å². The van der Waals surface area contributed by atoms with Crippen LogP contribution in [0.15, 0.2) is 28.0 Å². The molecule has 134 valence electrons. The van der Waals surface area contributed by atoms with Gasteiger partial charge < -0.3 is 9.84 Å². The third-order valence-electron chi connectivity index (χ3n) is 4.41. The number of ether oxygens (including phenoxy) is 1. The summed E-state index contributed by atoms with van der Waals surface area (Å²) in [6, 6.07) is 3.48. The molecule has 0 saturated heterocycles. The molecule has 26 heavy (non-hydrogen) atoms. The second kappa shape index (κ2) is 7.20. The van der Waals surface area contributed by atoms with Crippen LogP contribution < -0.4 is 10.2 Å². The van der Waals surface area contributed by atoms with E-state index in [2.05, 4.69) is 36.4 Å². The molecule has 1 aliphatic carbocycles. The van der Waals surface area contributed by atoms with Gasteiger partial charge in [-0.25, -0.2) is 9.97 Å². The van der Waals surface area contributed by atoms with E-state index in [0.29, 0.717) is 10.2 Å². The lowest BCUT2D eigenvalue weighted by Crippen LogP contribution is -2.01. The van der Waals surface area contributed by atoms with Crippen molar-refractivity contribution in [3.8, 4) is 11.5 Å². The number of aromatic nitrogens is 2. The largest absolute Gasteiger partial charge is 0.503 e. The van der Waals surface area contributed by atoms with Crippen LogP contribution in [-0.4, -0.2) is 28.4 Å². The van der Waals surface area contributed by atoms with E-state index in [9.17, 15) is 5.11 Å². The van der Waals surface area contributed by atoms with Crippen molar-refractivity contribution in [2.45, 2.75) is 25.7 Å². The van der Waals surface area contributed by atoms with Crippen LogP contribution in [0.1, 0.15) is 28.8 Å². The average molecular weight is 433 g/mol. The van der Waals surface area contributed by atoms with Crippen molar-refractivity contribution in [3.05, 3.63) is 38.9 Å². The summed E-state index contributed by atoms with van der Waals surface area (Å²) in [5.41, 5.74) is 5.20. The van der Waals surface area contributed by atoms with Crippen molar-refractivity contribution >= 4 is 49.5 Å². The Morgan fingerprint density at radius 2 is 2.15 bits per heavy atom. The molecule has 0 fully saturated rings. The smallest absolute Gasteiger partial charge is 0.172 e. The molecule has 1 aliphatic rings. The van der Waals surface area contributed by atoms with Gasteiger partial charge in [-0.15, -0.1) is 11.3 Å². The molecule has 1 aromatic carbocycles. The minimum absolute atomic E-state index is 0.0695. The number of hydrogen-bond donors (Lipinski definition) is 2. The molecule has 0 spiro atoms. The summed E-state index contributed by atoms with van der Waals surface area (Å²) >= 11 is 5.07. The van der Waals surface area contributed by atoms with E-state index in [-0.39, 0.29) is 5.75 Å². The second-order valence-electron chi connectivity index (χ2n) is 6.04. The summed E-state index contributed by atoms with van der Waals surface area (Å²) < 4.78 is 5.71. The quantitative estimate of drug-likeness (QED) is 0.468. The van der Waals surface area contributed by atoms with Gasteiger partial charge in [-0.1, -0.05) is 0 Å². The normalized spacial score (nSPS) is 13.9. The van der Waals surface area contributed by atoms with Crippen LogP contribution in [-0.2, 0) is 12.8 Å². The Balaban J connectivity index is 1.63. The second-order valence-corrected chi connectivity index (χ2v) is 7.97. The van der Waals surface area contributed by atoms with E-state index in [0.717, 1.165) is 34.4 Å². The fourth-order valence-electron chi connectivity index (χ4n) is 3.17. The van der Waals surface area contributed by atoms with Crippen LogP contribution in [0, 0.1) is 0 Å². The molecule has 8 heteroatoms. The summed E-state index contributed by atoms with van der Waals surface area (Å²) in [4.78, 5) is 11.2. The van der Waals surface area contributed by atoms with E-state index in [1.807, 2.05) is 0 Å². The number of nitrogens with zero attached hydrogens (tertiary/aromatic N) is 3. The Morgan fingerprint density at radius 3 is 3.00 bits per heavy atom. The number of nitrogens with one attached hydrogen (secondary N) is 1. The molecule has 0 aliphatic heterocycles. The van der Waals surface area contributed by atoms with Gasteiger partial charge in [0.1, 0.15) is 11.2 Å². The molecule has 0 saturated carbocycles. The number of aryl methyl sites for hydroxylation is 2. The zero-order valence-corrected chi connectivity index (χ0v) is 16.5. The molecule has 2 N–H and O–H groups in total. The number of aromatic hydroxyl groups is 1. The predicted octanol–water partition coefficient (Wildman–Crippen LogP) is 4.49. The molecule has 0 radical (unpaired) electrons. The molecule has 0 bridgehead atoms. The standard InChI is InChI=1S/C18H17BrN4O2S/c1-25-13-7-10(6-12(19)16(13)24)8-22-23-17-15-11-4-2-3-5-14(11)26-18(15)21-9-20-17/h6-9,24H,2-5H2,1H3,(H,20,21,23). The Kier molecular flexibility index (Phi) is 4.78. The summed E-state index contributed by atoms with van der Waals surface area (Å²) in [6.45, 7) is 0. The zero-order chi connectivity index (χ0) is 18.1. The van der Waals surface area contributed by atoms with Crippen molar-refractivity contribution in [1.82, 2.24) is 9.97 Å². The lowest BCUT2D eigenvalue weighted by molar-refractivity contribution is 0.372. The first-order valence-electron chi connectivity index (χ1n) is 8.28. The number of methoxy groups -OCH3 is 1. The van der Waals surface area contributed by atoms with E-state index in [1.54, 1.807) is 36.0 Å². The van der Waals surface area contributed by atoms with Gasteiger partial charge in [-0.05, 0) is 64.9 Å². The van der Waals surface area contributed by atoms with Gasteiger partial charge in [-0.2, -0.15) is 5.10 Å².